The molecule has 2 aromatic carbocycles. The van der Waals surface area contributed by atoms with Crippen LogP contribution in [0.2, 0.25) is 0 Å². The molecule has 0 fully saturated rings. The molecule has 0 saturated heterocycles. The smallest absolute Gasteiger partial charge is 0.167 e. The second-order valence-electron chi connectivity index (χ2n) is 4.81. The monoisotopic (exact) mass is 301 g/mol. The minimum absolute atomic E-state index is 0.528. The number of aromatic nitrogens is 1. The number of fused-ring (bicyclic) bond motifs is 1. The lowest BCUT2D eigenvalue weighted by molar-refractivity contribution is 0.322. The Hall–Kier alpha value is -2.00. The van der Waals surface area contributed by atoms with E-state index >= 15 is 0 Å². The van der Waals surface area contributed by atoms with Crippen molar-refractivity contribution in [3.63, 3.8) is 0 Å². The van der Waals surface area contributed by atoms with E-state index in [0.717, 1.165) is 28.8 Å². The Morgan fingerprint density at radius 2 is 1.90 bits per heavy atom. The molecule has 0 bridgehead atoms. The largest absolute Gasteiger partial charge is 0.493 e. The molecule has 4 heteroatoms. The predicted molar refractivity (Wildman–Crippen MR) is 84.1 cm³/mol. The van der Waals surface area contributed by atoms with E-state index in [1.807, 2.05) is 36.4 Å². The van der Waals surface area contributed by atoms with Crippen LogP contribution in [-0.2, 0) is 12.8 Å². The van der Waals surface area contributed by atoms with E-state index in [2.05, 4.69) is 17.3 Å². The van der Waals surface area contributed by atoms with E-state index in [9.17, 15) is 0 Å². The molecular formula is C17H16ClNO2. The molecule has 0 amide bonds. The molecule has 21 heavy (non-hydrogen) atoms. The molecule has 3 aromatic rings. The van der Waals surface area contributed by atoms with Crippen LogP contribution in [0.3, 0.4) is 0 Å². The van der Waals surface area contributed by atoms with Crippen molar-refractivity contribution >= 4 is 22.6 Å². The second kappa shape index (κ2) is 6.64. The van der Waals surface area contributed by atoms with Crippen molar-refractivity contribution in [2.24, 2.45) is 0 Å². The summed E-state index contributed by atoms with van der Waals surface area (Å²) in [5.74, 6) is 1.36. The maximum atomic E-state index is 5.82. The molecule has 0 aliphatic carbocycles. The van der Waals surface area contributed by atoms with Crippen LogP contribution in [0, 0.1) is 0 Å². The molecule has 0 radical (unpaired) electrons. The number of benzene rings is 2. The van der Waals surface area contributed by atoms with Crippen LogP contribution >= 0.6 is 11.6 Å². The third-order valence-electron chi connectivity index (χ3n) is 3.35. The van der Waals surface area contributed by atoms with Gasteiger partial charge in [0.15, 0.2) is 5.58 Å². The van der Waals surface area contributed by atoms with Crippen molar-refractivity contribution < 1.29 is 9.26 Å². The van der Waals surface area contributed by atoms with Crippen molar-refractivity contribution in [3.8, 4) is 5.75 Å². The molecule has 0 atom stereocenters. The first kappa shape index (κ1) is 14.0. The van der Waals surface area contributed by atoms with Gasteiger partial charge in [-0.05, 0) is 23.8 Å². The van der Waals surface area contributed by atoms with E-state index in [1.165, 1.54) is 5.56 Å². The topological polar surface area (TPSA) is 35.3 Å². The summed E-state index contributed by atoms with van der Waals surface area (Å²) < 4.78 is 11.1. The number of halogens is 1. The highest BCUT2D eigenvalue weighted by Crippen LogP contribution is 2.24. The normalized spacial score (nSPS) is 10.9. The van der Waals surface area contributed by atoms with Crippen molar-refractivity contribution in [3.05, 3.63) is 59.8 Å². The molecule has 1 aromatic heterocycles. The van der Waals surface area contributed by atoms with Crippen LogP contribution in [-0.4, -0.2) is 17.6 Å². The molecule has 0 aliphatic heterocycles. The number of nitrogens with zero attached hydrogens (tertiary/aromatic N) is 1. The fourth-order valence-corrected chi connectivity index (χ4v) is 2.44. The van der Waals surface area contributed by atoms with E-state index in [4.69, 9.17) is 20.9 Å². The van der Waals surface area contributed by atoms with Gasteiger partial charge in [0.2, 0.25) is 0 Å². The zero-order chi connectivity index (χ0) is 14.5. The van der Waals surface area contributed by atoms with Gasteiger partial charge in [0.25, 0.3) is 0 Å². The Morgan fingerprint density at radius 3 is 2.71 bits per heavy atom. The Kier molecular flexibility index (Phi) is 4.41. The Bertz CT molecular complexity index is 709. The molecule has 3 rings (SSSR count). The van der Waals surface area contributed by atoms with Crippen molar-refractivity contribution in [2.75, 3.05) is 12.5 Å². The highest BCUT2D eigenvalue weighted by Gasteiger charge is 2.08. The quantitative estimate of drug-likeness (QED) is 0.639. The zero-order valence-electron chi connectivity index (χ0n) is 11.6. The Labute approximate surface area is 128 Å². The third kappa shape index (κ3) is 3.37. The molecule has 3 nitrogen and oxygen atoms in total. The molecule has 0 spiro atoms. The molecule has 1 heterocycles. The van der Waals surface area contributed by atoms with Crippen molar-refractivity contribution in [1.29, 1.82) is 0 Å². The van der Waals surface area contributed by atoms with Gasteiger partial charge in [0.05, 0.1) is 12.3 Å². The van der Waals surface area contributed by atoms with Crippen LogP contribution < -0.4 is 4.74 Å². The minimum atomic E-state index is 0.528. The van der Waals surface area contributed by atoms with Gasteiger partial charge in [-0.2, -0.15) is 0 Å². The Morgan fingerprint density at radius 1 is 1.05 bits per heavy atom. The van der Waals surface area contributed by atoms with Gasteiger partial charge in [0.1, 0.15) is 5.75 Å². The van der Waals surface area contributed by atoms with Crippen LogP contribution in [0.15, 0.2) is 53.1 Å². The SMILES string of the molecule is ClCCc1noc2ccc(OCCc3ccccc3)cc12. The fraction of sp³-hybridized carbons (Fsp3) is 0.235. The van der Waals surface area contributed by atoms with Gasteiger partial charge in [-0.15, -0.1) is 11.6 Å². The van der Waals surface area contributed by atoms with E-state index < -0.39 is 0 Å². The van der Waals surface area contributed by atoms with Crippen molar-refractivity contribution in [2.45, 2.75) is 12.8 Å². The lowest BCUT2D eigenvalue weighted by Crippen LogP contribution is -2.01. The van der Waals surface area contributed by atoms with Crippen molar-refractivity contribution in [1.82, 2.24) is 5.16 Å². The predicted octanol–water partition coefficient (Wildman–Crippen LogP) is 4.23. The Balaban J connectivity index is 1.68. The summed E-state index contributed by atoms with van der Waals surface area (Å²) in [4.78, 5) is 0. The minimum Gasteiger partial charge on any atom is -0.493 e. The molecule has 0 unspecified atom stereocenters. The van der Waals surface area contributed by atoms with E-state index in [-0.39, 0.29) is 0 Å². The average molecular weight is 302 g/mol. The first-order chi connectivity index (χ1) is 10.4. The first-order valence-electron chi connectivity index (χ1n) is 6.98. The summed E-state index contributed by atoms with van der Waals surface area (Å²) >= 11 is 5.77. The van der Waals surface area contributed by atoms with Crippen LogP contribution in [0.5, 0.6) is 5.75 Å². The van der Waals surface area contributed by atoms with E-state index in [0.29, 0.717) is 18.9 Å². The highest BCUT2D eigenvalue weighted by molar-refractivity contribution is 6.18. The van der Waals surface area contributed by atoms with Gasteiger partial charge in [-0.3, -0.25) is 0 Å². The maximum absolute atomic E-state index is 5.82. The summed E-state index contributed by atoms with van der Waals surface area (Å²) in [5.41, 5.74) is 2.92. The first-order valence-corrected chi connectivity index (χ1v) is 7.51. The fourth-order valence-electron chi connectivity index (χ4n) is 2.26. The lowest BCUT2D eigenvalue weighted by Gasteiger charge is -2.06. The third-order valence-corrected chi connectivity index (χ3v) is 3.54. The van der Waals surface area contributed by atoms with Gasteiger partial charge in [-0.1, -0.05) is 35.5 Å². The van der Waals surface area contributed by atoms with E-state index in [1.54, 1.807) is 0 Å². The number of rotatable bonds is 6. The lowest BCUT2D eigenvalue weighted by atomic mass is 10.1. The van der Waals surface area contributed by atoms with Gasteiger partial charge < -0.3 is 9.26 Å². The van der Waals surface area contributed by atoms with Gasteiger partial charge in [-0.25, -0.2) is 0 Å². The number of aryl methyl sites for hydroxylation is 1. The summed E-state index contributed by atoms with van der Waals surface area (Å²) in [6, 6.07) is 16.1. The standard InChI is InChI=1S/C17H16ClNO2/c18-10-8-16-15-12-14(6-7-17(15)21-19-16)20-11-9-13-4-2-1-3-5-13/h1-7,12H,8-11H2. The number of hydrogen-bond donors (Lipinski definition) is 0. The van der Waals surface area contributed by atoms with Gasteiger partial charge >= 0.3 is 0 Å². The summed E-state index contributed by atoms with van der Waals surface area (Å²) in [5, 5.41) is 5.02. The maximum Gasteiger partial charge on any atom is 0.167 e. The molecule has 0 aliphatic rings. The summed E-state index contributed by atoms with van der Waals surface area (Å²) in [6.07, 6.45) is 1.58. The molecular weight excluding hydrogens is 286 g/mol. The number of ether oxygens (including phenoxy) is 1. The number of hydrogen-bond acceptors (Lipinski definition) is 3. The summed E-state index contributed by atoms with van der Waals surface area (Å²) in [6.45, 7) is 0.644. The zero-order valence-corrected chi connectivity index (χ0v) is 12.3. The van der Waals surface area contributed by atoms with Crippen LogP contribution in [0.25, 0.3) is 11.0 Å². The van der Waals surface area contributed by atoms with Gasteiger partial charge in [0, 0.05) is 24.1 Å². The average Bonchev–Trinajstić information content (AvgIpc) is 2.92. The molecule has 0 N–H and O–H groups in total. The van der Waals surface area contributed by atoms with Crippen LogP contribution in [0.4, 0.5) is 0 Å². The van der Waals surface area contributed by atoms with Crippen LogP contribution in [0.1, 0.15) is 11.3 Å². The highest BCUT2D eigenvalue weighted by atomic mass is 35.5. The number of alkyl halides is 1. The summed E-state index contributed by atoms with van der Waals surface area (Å²) in [7, 11) is 0. The molecule has 0 saturated carbocycles. The second-order valence-corrected chi connectivity index (χ2v) is 5.19. The molecule has 108 valence electrons.